The van der Waals surface area contributed by atoms with Crippen LogP contribution in [0, 0.1) is 18.8 Å². The van der Waals surface area contributed by atoms with Crippen LogP contribution in [-0.4, -0.2) is 69.9 Å². The van der Waals surface area contributed by atoms with Gasteiger partial charge < -0.3 is 9.64 Å². The molecule has 0 spiro atoms. The Hall–Kier alpha value is -1.92. The molecule has 4 heterocycles. The molecule has 156 valence electrons. The van der Waals surface area contributed by atoms with Crippen molar-refractivity contribution >= 4 is 0 Å². The van der Waals surface area contributed by atoms with Gasteiger partial charge >= 0.3 is 0 Å². The molecule has 0 amide bonds. The van der Waals surface area contributed by atoms with Crippen molar-refractivity contribution in [1.29, 1.82) is 0 Å². The quantitative estimate of drug-likeness (QED) is 0.796. The van der Waals surface area contributed by atoms with Crippen molar-refractivity contribution in [2.75, 3.05) is 33.2 Å². The maximum absolute atomic E-state index is 6.44. The molecule has 3 fully saturated rings. The number of hydrogen-bond donors (Lipinski definition) is 0. The highest BCUT2D eigenvalue weighted by Crippen LogP contribution is 2.43. The Kier molecular flexibility index (Phi) is 5.31. The van der Waals surface area contributed by atoms with Gasteiger partial charge in [-0.25, -0.2) is 4.98 Å². The Morgan fingerprint density at radius 1 is 1.07 bits per heavy atom. The van der Waals surface area contributed by atoms with Gasteiger partial charge in [0.05, 0.1) is 12.2 Å². The van der Waals surface area contributed by atoms with Gasteiger partial charge in [0.15, 0.2) is 0 Å². The van der Waals surface area contributed by atoms with E-state index in [1.54, 1.807) is 0 Å². The minimum Gasteiger partial charge on any atom is -0.472 e. The summed E-state index contributed by atoms with van der Waals surface area (Å²) in [5.74, 6) is 2.19. The zero-order valence-electron chi connectivity index (χ0n) is 17.7. The predicted molar refractivity (Wildman–Crippen MR) is 113 cm³/mol. The molecule has 0 bridgehead atoms. The summed E-state index contributed by atoms with van der Waals surface area (Å²) in [6.45, 7) is 7.05. The molecule has 0 unspecified atom stereocenters. The Morgan fingerprint density at radius 3 is 2.55 bits per heavy atom. The van der Waals surface area contributed by atoms with Crippen LogP contribution in [0.5, 0.6) is 5.88 Å². The molecule has 2 aliphatic heterocycles. The molecule has 3 aliphatic rings. The first-order chi connectivity index (χ1) is 14.2. The van der Waals surface area contributed by atoms with Crippen LogP contribution in [0.1, 0.15) is 37.3 Å². The third-order valence-electron chi connectivity index (χ3n) is 7.30. The molecule has 5 rings (SSSR count). The van der Waals surface area contributed by atoms with Crippen LogP contribution >= 0.6 is 0 Å². The van der Waals surface area contributed by atoms with Crippen LogP contribution < -0.4 is 4.74 Å². The van der Waals surface area contributed by atoms with Gasteiger partial charge in [-0.05, 0) is 76.2 Å². The molecule has 2 aromatic rings. The van der Waals surface area contributed by atoms with E-state index in [9.17, 15) is 0 Å². The first-order valence-electron chi connectivity index (χ1n) is 11.2. The monoisotopic (exact) mass is 395 g/mol. The molecular formula is C23H33N5O. The molecule has 1 aliphatic carbocycles. The van der Waals surface area contributed by atoms with E-state index in [-0.39, 0.29) is 12.1 Å². The summed E-state index contributed by atoms with van der Waals surface area (Å²) < 4.78 is 8.59. The van der Waals surface area contributed by atoms with Gasteiger partial charge in [-0.15, -0.1) is 0 Å². The van der Waals surface area contributed by atoms with Crippen LogP contribution in [-0.2, 0) is 0 Å². The minimum atomic E-state index is 0.128. The van der Waals surface area contributed by atoms with Gasteiger partial charge in [0, 0.05) is 37.6 Å². The average Bonchev–Trinajstić information content (AvgIpc) is 3.34. The molecule has 0 N–H and O–H groups in total. The van der Waals surface area contributed by atoms with Crippen molar-refractivity contribution in [3.63, 3.8) is 0 Å². The summed E-state index contributed by atoms with van der Waals surface area (Å²) in [7, 11) is 2.25. The van der Waals surface area contributed by atoms with Crippen molar-refractivity contribution < 1.29 is 4.74 Å². The van der Waals surface area contributed by atoms with E-state index in [0.717, 1.165) is 36.6 Å². The largest absolute Gasteiger partial charge is 0.472 e. The van der Waals surface area contributed by atoms with Gasteiger partial charge in [0.25, 0.3) is 0 Å². The standard InChI is InChI=1S/C23H33N5O/c1-17-13-25-28(14-17)21-11-18-15-27(20-6-9-26(2)10-7-20)16-19(18)12-22(21)29-23-5-3-4-8-24-23/h3-5,8,13-14,18-22H,6-7,9-12,15-16H2,1-2H3/t18-,19+,21-,22-/m0/s1. The Bertz CT molecular complexity index is 801. The summed E-state index contributed by atoms with van der Waals surface area (Å²) in [6.07, 6.45) is 10.9. The number of hydrogen-bond acceptors (Lipinski definition) is 5. The molecule has 6 heteroatoms. The van der Waals surface area contributed by atoms with Crippen molar-refractivity contribution in [3.8, 4) is 5.88 Å². The molecule has 1 saturated carbocycles. The highest BCUT2D eigenvalue weighted by atomic mass is 16.5. The van der Waals surface area contributed by atoms with E-state index < -0.39 is 0 Å². The lowest BCUT2D eigenvalue weighted by Crippen LogP contribution is -2.42. The zero-order chi connectivity index (χ0) is 19.8. The van der Waals surface area contributed by atoms with Crippen molar-refractivity contribution in [1.82, 2.24) is 24.6 Å². The maximum atomic E-state index is 6.44. The summed E-state index contributed by atoms with van der Waals surface area (Å²) >= 11 is 0. The molecule has 0 radical (unpaired) electrons. The number of rotatable bonds is 4. The summed E-state index contributed by atoms with van der Waals surface area (Å²) in [5, 5.41) is 4.66. The number of aryl methyl sites for hydroxylation is 1. The van der Waals surface area contributed by atoms with E-state index in [4.69, 9.17) is 4.74 Å². The van der Waals surface area contributed by atoms with E-state index in [1.165, 1.54) is 44.6 Å². The number of nitrogens with zero attached hydrogens (tertiary/aromatic N) is 5. The molecule has 29 heavy (non-hydrogen) atoms. The lowest BCUT2D eigenvalue weighted by atomic mass is 9.77. The molecule has 2 aromatic heterocycles. The normalized spacial score (nSPS) is 31.7. The topological polar surface area (TPSA) is 46.4 Å². The second-order valence-electron chi connectivity index (χ2n) is 9.37. The summed E-state index contributed by atoms with van der Waals surface area (Å²) in [6, 6.07) is 6.95. The lowest BCUT2D eigenvalue weighted by Gasteiger charge is -2.37. The molecule has 0 aromatic carbocycles. The van der Waals surface area contributed by atoms with Gasteiger partial charge in [-0.2, -0.15) is 5.10 Å². The van der Waals surface area contributed by atoms with Crippen LogP contribution in [0.2, 0.25) is 0 Å². The number of ether oxygens (including phenoxy) is 1. The van der Waals surface area contributed by atoms with E-state index in [0.29, 0.717) is 0 Å². The number of likely N-dealkylation sites (tertiary alicyclic amines) is 2. The van der Waals surface area contributed by atoms with Crippen LogP contribution in [0.15, 0.2) is 36.8 Å². The molecule has 2 saturated heterocycles. The molecule has 4 atom stereocenters. The second-order valence-corrected chi connectivity index (χ2v) is 9.37. The van der Waals surface area contributed by atoms with Gasteiger partial charge in [0.1, 0.15) is 6.10 Å². The van der Waals surface area contributed by atoms with Gasteiger partial charge in [0.2, 0.25) is 5.88 Å². The summed E-state index contributed by atoms with van der Waals surface area (Å²) in [4.78, 5) is 9.67. The van der Waals surface area contributed by atoms with Crippen molar-refractivity contribution in [2.24, 2.45) is 11.8 Å². The highest BCUT2D eigenvalue weighted by molar-refractivity contribution is 5.11. The Balaban J connectivity index is 1.33. The number of piperidine rings is 1. The fraction of sp³-hybridized carbons (Fsp3) is 0.652. The SMILES string of the molecule is Cc1cnn([C@H]2C[C@H]3CN(C4CCN(C)CC4)C[C@H]3C[C@@H]2Oc2ccccn2)c1. The van der Waals surface area contributed by atoms with Crippen molar-refractivity contribution in [3.05, 3.63) is 42.4 Å². The van der Waals surface area contributed by atoms with E-state index >= 15 is 0 Å². The summed E-state index contributed by atoms with van der Waals surface area (Å²) in [5.41, 5.74) is 1.21. The fourth-order valence-electron chi connectivity index (χ4n) is 5.68. The first kappa shape index (κ1) is 19.1. The predicted octanol–water partition coefficient (Wildman–Crippen LogP) is 3.01. The Morgan fingerprint density at radius 2 is 1.86 bits per heavy atom. The van der Waals surface area contributed by atoms with Crippen molar-refractivity contribution in [2.45, 2.75) is 50.8 Å². The highest BCUT2D eigenvalue weighted by Gasteiger charge is 2.45. The maximum Gasteiger partial charge on any atom is 0.213 e. The number of pyridine rings is 1. The average molecular weight is 396 g/mol. The van der Waals surface area contributed by atoms with Crippen LogP contribution in [0.4, 0.5) is 0 Å². The molecular weight excluding hydrogens is 362 g/mol. The third kappa shape index (κ3) is 4.05. The van der Waals surface area contributed by atoms with Gasteiger partial charge in [-0.1, -0.05) is 6.07 Å². The third-order valence-corrected chi connectivity index (χ3v) is 7.30. The number of aromatic nitrogens is 3. The fourth-order valence-corrected chi connectivity index (χ4v) is 5.68. The Labute approximate surface area is 173 Å². The minimum absolute atomic E-state index is 0.128. The van der Waals surface area contributed by atoms with Gasteiger partial charge in [-0.3, -0.25) is 9.58 Å². The zero-order valence-corrected chi connectivity index (χ0v) is 17.7. The first-order valence-corrected chi connectivity index (χ1v) is 11.2. The van der Waals surface area contributed by atoms with E-state index in [2.05, 4.69) is 44.7 Å². The van der Waals surface area contributed by atoms with E-state index in [1.807, 2.05) is 30.6 Å². The van der Waals surface area contributed by atoms with Crippen LogP contribution in [0.25, 0.3) is 0 Å². The van der Waals surface area contributed by atoms with Crippen LogP contribution in [0.3, 0.4) is 0 Å². The smallest absolute Gasteiger partial charge is 0.213 e. The number of fused-ring (bicyclic) bond motifs is 1. The lowest BCUT2D eigenvalue weighted by molar-refractivity contribution is 0.0458. The molecule has 6 nitrogen and oxygen atoms in total. The second kappa shape index (κ2) is 8.07.